The first-order chi connectivity index (χ1) is 26.6. The van der Waals surface area contributed by atoms with Gasteiger partial charge in [0.1, 0.15) is 5.69 Å². The zero-order chi connectivity index (χ0) is 41.0. The van der Waals surface area contributed by atoms with Gasteiger partial charge in [0, 0.05) is 44.0 Å². The van der Waals surface area contributed by atoms with Crippen LogP contribution in [0.2, 0.25) is 25.1 Å². The largest absolute Gasteiger partial charge is 0.378 e. The summed E-state index contributed by atoms with van der Waals surface area (Å²) in [4.78, 5) is 47.8. The summed E-state index contributed by atoms with van der Waals surface area (Å²) in [6, 6.07) is 14.8. The third-order valence-corrected chi connectivity index (χ3v) is 10.8. The van der Waals surface area contributed by atoms with Crippen LogP contribution in [0.1, 0.15) is 37.8 Å². The van der Waals surface area contributed by atoms with E-state index in [4.69, 9.17) is 73.4 Å². The van der Waals surface area contributed by atoms with Gasteiger partial charge in [0.2, 0.25) is 11.8 Å². The highest BCUT2D eigenvalue weighted by atomic mass is 35.5. The number of nitrogens with one attached hydrogen (secondary N) is 2. The van der Waals surface area contributed by atoms with Crippen LogP contribution in [0.4, 0.5) is 39.8 Å². The molecule has 3 amide bonds. The normalized spacial score (nSPS) is 13.3. The quantitative estimate of drug-likeness (QED) is 0.0718. The lowest BCUT2D eigenvalue weighted by Gasteiger charge is -2.27. The fourth-order valence-corrected chi connectivity index (χ4v) is 7.58. The summed E-state index contributed by atoms with van der Waals surface area (Å²) in [5.74, 6) is -1.28. The number of carbonyl (C=O) groups is 3. The lowest BCUT2D eigenvalue weighted by molar-refractivity contribution is -0.432. The van der Waals surface area contributed by atoms with Crippen LogP contribution in [0.3, 0.4) is 0 Å². The number of hydrazone groups is 1. The second-order valence-electron chi connectivity index (χ2n) is 12.4. The molecule has 56 heavy (non-hydrogen) atoms. The number of rotatable bonds is 12. The Labute approximate surface area is 352 Å². The van der Waals surface area contributed by atoms with Gasteiger partial charge in [-0.25, -0.2) is 10.2 Å². The van der Waals surface area contributed by atoms with E-state index >= 15 is 0 Å². The summed E-state index contributed by atoms with van der Waals surface area (Å²) in [5, 5.41) is 23.9. The molecule has 0 fully saturated rings. The third-order valence-electron chi connectivity index (χ3n) is 8.28. The molecule has 19 heteroatoms. The summed E-state index contributed by atoms with van der Waals surface area (Å²) in [7, 11) is 3.83. The number of benzene rings is 4. The highest BCUT2D eigenvalue weighted by molar-refractivity contribution is 7.94. The summed E-state index contributed by atoms with van der Waals surface area (Å²) >= 11 is 34.4. The predicted molar refractivity (Wildman–Crippen MR) is 227 cm³/mol. The van der Waals surface area contributed by atoms with Crippen LogP contribution in [0.5, 0.6) is 0 Å². The summed E-state index contributed by atoms with van der Waals surface area (Å²) in [6.07, 6.45) is 0.473. The van der Waals surface area contributed by atoms with Crippen LogP contribution >= 0.6 is 70.0 Å². The molecule has 0 saturated carbocycles. The first kappa shape index (κ1) is 43.0. The molecule has 0 aliphatic carbocycles. The molecule has 5 rings (SSSR count). The SMILES string of the molecule is CCC(=O)Nc1ccc(N(C2=NN(c3c(Cl)cc(Cl)c(SOOO)c3Cl)C(=O)C2=Nc2c(C)cc(N(C)C)cc2C)c2ccc(NC(=O)CC)cc2Cl)c(Cl)c1. The Morgan fingerprint density at radius 3 is 1.84 bits per heavy atom. The van der Waals surface area contributed by atoms with Gasteiger partial charge in [-0.2, -0.15) is 5.01 Å². The molecule has 0 unspecified atom stereocenters. The number of hydrogen-bond donors (Lipinski definition) is 3. The standard InChI is InChI=1S/C37H34Cl5N7O6S/c1-7-29(50)43-20-9-11-27(23(38)15-20)48(28-12-10-21(16-24(28)39)44-30(51)8-2)36-33(45-32-18(3)13-22(47(5)6)14-19(32)4)37(52)49(46-36)34-25(40)17-26(41)35(31(34)42)56-55-54-53/h9-17,53H,7-8H2,1-6H3,(H,43,50)(H,44,51). The van der Waals surface area contributed by atoms with E-state index in [1.807, 2.05) is 45.0 Å². The van der Waals surface area contributed by atoms with Gasteiger partial charge in [-0.1, -0.05) is 76.9 Å². The maximum absolute atomic E-state index is 14.8. The monoisotopic (exact) mass is 879 g/mol. The van der Waals surface area contributed by atoms with E-state index in [-0.39, 0.29) is 83.3 Å². The molecule has 1 heterocycles. The number of amidine groups is 1. The number of nitrogens with zero attached hydrogens (tertiary/aromatic N) is 5. The predicted octanol–water partition coefficient (Wildman–Crippen LogP) is 11.0. The highest BCUT2D eigenvalue weighted by Crippen LogP contribution is 2.47. The first-order valence-corrected chi connectivity index (χ1v) is 19.3. The van der Waals surface area contributed by atoms with E-state index in [1.165, 1.54) is 11.0 Å². The van der Waals surface area contributed by atoms with Crippen LogP contribution in [-0.2, 0) is 23.8 Å². The van der Waals surface area contributed by atoms with Crippen molar-refractivity contribution in [1.82, 2.24) is 0 Å². The van der Waals surface area contributed by atoms with Gasteiger partial charge in [0.05, 0.1) is 59.1 Å². The maximum Gasteiger partial charge on any atom is 0.301 e. The summed E-state index contributed by atoms with van der Waals surface area (Å²) < 4.78 is 4.61. The van der Waals surface area contributed by atoms with Crippen molar-refractivity contribution < 1.29 is 29.0 Å². The van der Waals surface area contributed by atoms with Crippen molar-refractivity contribution in [2.24, 2.45) is 10.1 Å². The number of aliphatic imine (C=N–C) groups is 1. The lowest BCUT2D eigenvalue weighted by Crippen LogP contribution is -2.35. The van der Waals surface area contributed by atoms with E-state index < -0.39 is 5.91 Å². The van der Waals surface area contributed by atoms with Crippen LogP contribution in [-0.4, -0.2) is 48.6 Å². The fraction of sp³-hybridized carbons (Fsp3) is 0.216. The molecule has 1 aliphatic heterocycles. The molecule has 0 aromatic heterocycles. The minimum absolute atomic E-state index is 0.0217. The van der Waals surface area contributed by atoms with Gasteiger partial charge in [-0.3, -0.25) is 19.3 Å². The number of carbonyl (C=O) groups excluding carboxylic acids is 3. The molecule has 3 N–H and O–H groups in total. The van der Waals surface area contributed by atoms with Gasteiger partial charge in [-0.15, -0.1) is 9.44 Å². The minimum Gasteiger partial charge on any atom is -0.378 e. The Morgan fingerprint density at radius 1 is 0.839 bits per heavy atom. The molecular weight excluding hydrogens is 848 g/mol. The van der Waals surface area contributed by atoms with Crippen LogP contribution in [0.25, 0.3) is 0 Å². The van der Waals surface area contributed by atoms with Crippen LogP contribution in [0, 0.1) is 13.8 Å². The van der Waals surface area contributed by atoms with E-state index in [1.54, 1.807) is 50.2 Å². The number of halogens is 5. The third kappa shape index (κ3) is 9.20. The van der Waals surface area contributed by atoms with Crippen molar-refractivity contribution in [3.05, 3.63) is 90.8 Å². The zero-order valence-electron chi connectivity index (χ0n) is 30.6. The van der Waals surface area contributed by atoms with Gasteiger partial charge in [0.25, 0.3) is 0 Å². The average Bonchev–Trinajstić information content (AvgIpc) is 3.45. The average molecular weight is 882 g/mol. The van der Waals surface area contributed by atoms with Crippen molar-refractivity contribution in [3.8, 4) is 0 Å². The Balaban J connectivity index is 1.83. The van der Waals surface area contributed by atoms with Crippen LogP contribution in [0.15, 0.2) is 69.6 Å². The number of hydrogen-bond acceptors (Lipinski definition) is 11. The molecule has 4 aromatic rings. The number of amides is 3. The van der Waals surface area contributed by atoms with Crippen molar-refractivity contribution in [1.29, 1.82) is 0 Å². The van der Waals surface area contributed by atoms with Crippen molar-refractivity contribution >= 4 is 139 Å². The molecule has 0 spiro atoms. The molecule has 4 aromatic carbocycles. The molecule has 0 radical (unpaired) electrons. The fourth-order valence-electron chi connectivity index (χ4n) is 5.53. The van der Waals surface area contributed by atoms with E-state index in [0.717, 1.165) is 21.8 Å². The molecule has 294 valence electrons. The Kier molecular flexibility index (Phi) is 14.2. The summed E-state index contributed by atoms with van der Waals surface area (Å²) in [5.41, 5.74) is 4.04. The summed E-state index contributed by atoms with van der Waals surface area (Å²) in [6.45, 7) is 7.17. The first-order valence-electron chi connectivity index (χ1n) is 16.7. The molecule has 0 bridgehead atoms. The molecule has 13 nitrogen and oxygen atoms in total. The van der Waals surface area contributed by atoms with Gasteiger partial charge >= 0.3 is 5.91 Å². The Morgan fingerprint density at radius 2 is 1.38 bits per heavy atom. The van der Waals surface area contributed by atoms with E-state index in [9.17, 15) is 14.4 Å². The van der Waals surface area contributed by atoms with E-state index in [2.05, 4.69) is 20.0 Å². The van der Waals surface area contributed by atoms with Crippen molar-refractivity contribution in [3.63, 3.8) is 0 Å². The van der Waals surface area contributed by atoms with Gasteiger partial charge in [-0.05, 0) is 79.6 Å². The molecule has 1 aliphatic rings. The Bertz CT molecular complexity index is 2200. The molecular formula is C37H34Cl5N7O6S. The molecule has 0 saturated heterocycles. The second-order valence-corrected chi connectivity index (χ2v) is 15.1. The van der Waals surface area contributed by atoms with Gasteiger partial charge < -0.3 is 15.5 Å². The maximum atomic E-state index is 14.8. The van der Waals surface area contributed by atoms with Gasteiger partial charge in [0.15, 0.2) is 11.5 Å². The van der Waals surface area contributed by atoms with E-state index in [0.29, 0.717) is 29.1 Å². The zero-order valence-corrected chi connectivity index (χ0v) is 35.2. The topological polar surface area (TPSA) is 148 Å². The van der Waals surface area contributed by atoms with Crippen molar-refractivity contribution in [2.45, 2.75) is 45.4 Å². The number of aryl methyl sites for hydroxylation is 2. The lowest BCUT2D eigenvalue weighted by atomic mass is 10.1. The van der Waals surface area contributed by atoms with Crippen LogP contribution < -0.4 is 25.4 Å². The van der Waals surface area contributed by atoms with Crippen molar-refractivity contribution in [2.75, 3.05) is 39.5 Å². The number of anilines is 6. The molecule has 0 atom stereocenters. The highest BCUT2D eigenvalue weighted by Gasteiger charge is 2.41. The second kappa shape index (κ2) is 18.4. The Hall–Kier alpha value is -4.09. The minimum atomic E-state index is -0.757. The smallest absolute Gasteiger partial charge is 0.301 e.